The minimum Gasteiger partial charge on any atom is -0.352 e. The minimum atomic E-state index is -0.253. The van der Waals surface area contributed by atoms with E-state index in [1.807, 2.05) is 36.0 Å². The Bertz CT molecular complexity index is 1190. The first-order chi connectivity index (χ1) is 14.6. The molecule has 4 rings (SSSR count). The third kappa shape index (κ3) is 4.53. The molecular weight excluding hydrogens is 420 g/mol. The highest BCUT2D eigenvalue weighted by atomic mass is 35.5. The second-order valence-electron chi connectivity index (χ2n) is 6.66. The molecule has 2 N–H and O–H groups in total. The molecule has 0 unspecified atom stereocenters. The van der Waals surface area contributed by atoms with E-state index in [2.05, 4.69) is 20.2 Å². The fourth-order valence-electron chi connectivity index (χ4n) is 3.10. The molecule has 6 nitrogen and oxygen atoms in total. The summed E-state index contributed by atoms with van der Waals surface area (Å²) in [5.41, 5.74) is 2.88. The van der Waals surface area contributed by atoms with Crippen molar-refractivity contribution in [3.8, 4) is 0 Å². The number of nitrogens with one attached hydrogen (secondary N) is 2. The van der Waals surface area contributed by atoms with Crippen LogP contribution in [0.1, 0.15) is 26.5 Å². The number of fused-ring (bicyclic) bond motifs is 1. The van der Waals surface area contributed by atoms with Gasteiger partial charge in [0.2, 0.25) is 0 Å². The van der Waals surface area contributed by atoms with Crippen LogP contribution in [0.4, 0.5) is 5.69 Å². The van der Waals surface area contributed by atoms with E-state index in [4.69, 9.17) is 11.6 Å². The third-order valence-electron chi connectivity index (χ3n) is 4.61. The van der Waals surface area contributed by atoms with E-state index < -0.39 is 0 Å². The molecular formula is C22H19ClN4O2S. The molecule has 30 heavy (non-hydrogen) atoms. The largest absolute Gasteiger partial charge is 0.352 e. The summed E-state index contributed by atoms with van der Waals surface area (Å²) in [4.78, 5) is 29.7. The highest BCUT2D eigenvalue weighted by Gasteiger charge is 2.13. The normalized spacial score (nSPS) is 10.8. The number of benzene rings is 2. The molecule has 0 saturated carbocycles. The van der Waals surface area contributed by atoms with E-state index in [9.17, 15) is 9.59 Å². The highest BCUT2D eigenvalue weighted by Crippen LogP contribution is 2.24. The Kier molecular flexibility index (Phi) is 6.11. The number of carbonyl (C=O) groups excluding carboxylic acids is 2. The lowest BCUT2D eigenvalue weighted by Crippen LogP contribution is -2.25. The summed E-state index contributed by atoms with van der Waals surface area (Å²) in [6.07, 6.45) is 2.58. The molecule has 0 aliphatic heterocycles. The number of rotatable bonds is 7. The number of anilines is 1. The molecule has 0 atom stereocenters. The van der Waals surface area contributed by atoms with Crippen molar-refractivity contribution in [2.45, 2.75) is 13.0 Å². The second kappa shape index (κ2) is 9.11. The van der Waals surface area contributed by atoms with Crippen molar-refractivity contribution < 1.29 is 9.59 Å². The lowest BCUT2D eigenvalue weighted by molar-refractivity contribution is 0.0951. The van der Waals surface area contributed by atoms with Crippen molar-refractivity contribution in [2.75, 3.05) is 11.9 Å². The zero-order valence-corrected chi connectivity index (χ0v) is 17.5. The van der Waals surface area contributed by atoms with E-state index >= 15 is 0 Å². The number of nitrogens with zero attached hydrogens (tertiary/aromatic N) is 2. The Balaban J connectivity index is 1.33. The summed E-state index contributed by atoms with van der Waals surface area (Å²) in [6.45, 7) is 1.27. The van der Waals surface area contributed by atoms with Gasteiger partial charge in [0.05, 0.1) is 32.9 Å². The number of para-hydroxylation sites is 2. The zero-order valence-electron chi connectivity index (χ0n) is 16.0. The van der Waals surface area contributed by atoms with Gasteiger partial charge in [-0.1, -0.05) is 29.8 Å². The maximum absolute atomic E-state index is 12.5. The van der Waals surface area contributed by atoms with Crippen LogP contribution in [0.3, 0.4) is 0 Å². The summed E-state index contributed by atoms with van der Waals surface area (Å²) < 4.78 is 2.07. The van der Waals surface area contributed by atoms with Gasteiger partial charge in [0.25, 0.3) is 11.8 Å². The Morgan fingerprint density at radius 3 is 2.77 bits per heavy atom. The number of aromatic nitrogens is 2. The van der Waals surface area contributed by atoms with Gasteiger partial charge in [-0.05, 0) is 48.2 Å². The van der Waals surface area contributed by atoms with Gasteiger partial charge in [0, 0.05) is 18.7 Å². The van der Waals surface area contributed by atoms with Crippen LogP contribution < -0.4 is 10.6 Å². The average Bonchev–Trinajstić information content (AvgIpc) is 3.43. The zero-order chi connectivity index (χ0) is 20.9. The van der Waals surface area contributed by atoms with Crippen LogP contribution in [0, 0.1) is 0 Å². The summed E-state index contributed by atoms with van der Waals surface area (Å²) in [5.74, 6) is -0.467. The number of aryl methyl sites for hydroxylation is 1. The van der Waals surface area contributed by atoms with Crippen LogP contribution in [0.15, 0.2) is 66.3 Å². The number of imidazole rings is 1. The van der Waals surface area contributed by atoms with Crippen LogP contribution in [-0.2, 0) is 6.54 Å². The van der Waals surface area contributed by atoms with Gasteiger partial charge in [-0.3, -0.25) is 9.59 Å². The molecule has 152 valence electrons. The maximum Gasteiger partial charge on any atom is 0.265 e. The quantitative estimate of drug-likeness (QED) is 0.406. The maximum atomic E-state index is 12.5. The van der Waals surface area contributed by atoms with E-state index in [1.165, 1.54) is 11.3 Å². The Morgan fingerprint density at radius 1 is 1.07 bits per heavy atom. The molecule has 0 aliphatic carbocycles. The number of carbonyl (C=O) groups is 2. The molecule has 0 radical (unpaired) electrons. The predicted molar refractivity (Wildman–Crippen MR) is 120 cm³/mol. The number of amides is 2. The first-order valence-electron chi connectivity index (χ1n) is 9.44. The number of hydrogen-bond acceptors (Lipinski definition) is 4. The summed E-state index contributed by atoms with van der Waals surface area (Å²) in [7, 11) is 0. The van der Waals surface area contributed by atoms with Gasteiger partial charge in [0.15, 0.2) is 0 Å². The molecule has 2 amide bonds. The van der Waals surface area contributed by atoms with E-state index in [1.54, 1.807) is 30.3 Å². The molecule has 0 bridgehead atoms. The van der Waals surface area contributed by atoms with Gasteiger partial charge < -0.3 is 15.2 Å². The monoisotopic (exact) mass is 438 g/mol. The predicted octanol–water partition coefficient (Wildman–Crippen LogP) is 4.82. The molecule has 0 saturated heterocycles. The van der Waals surface area contributed by atoms with Crippen molar-refractivity contribution in [3.05, 3.63) is 81.8 Å². The Labute approximate surface area is 182 Å². The Morgan fingerprint density at radius 2 is 1.93 bits per heavy atom. The fraction of sp³-hybridized carbons (Fsp3) is 0.136. The molecule has 2 aromatic heterocycles. The molecule has 2 aromatic carbocycles. The molecule has 0 spiro atoms. The standard InChI is InChI=1S/C22H19ClN4O2S/c23-16-9-8-15(13-18(16)26-22(29)20-7-3-12-30-20)21(28)24-10-4-11-27-14-25-17-5-1-2-6-19(17)27/h1-3,5-9,12-14H,4,10-11H2,(H,24,28)(H,26,29). The molecule has 2 heterocycles. The van der Waals surface area contributed by atoms with Crippen LogP contribution in [-0.4, -0.2) is 27.9 Å². The average molecular weight is 439 g/mol. The SMILES string of the molecule is O=C(NCCCn1cnc2ccccc21)c1ccc(Cl)c(NC(=O)c2cccs2)c1. The lowest BCUT2D eigenvalue weighted by Gasteiger charge is -2.10. The molecule has 4 aromatic rings. The Hall–Kier alpha value is -3.16. The molecule has 0 aliphatic rings. The minimum absolute atomic E-state index is 0.214. The summed E-state index contributed by atoms with van der Waals surface area (Å²) in [5, 5.41) is 7.88. The van der Waals surface area contributed by atoms with Crippen LogP contribution in [0.5, 0.6) is 0 Å². The smallest absolute Gasteiger partial charge is 0.265 e. The van der Waals surface area contributed by atoms with Crippen molar-refractivity contribution in [1.82, 2.24) is 14.9 Å². The molecule has 8 heteroatoms. The number of thiophene rings is 1. The molecule has 0 fully saturated rings. The van der Waals surface area contributed by atoms with E-state index in [0.717, 1.165) is 24.0 Å². The van der Waals surface area contributed by atoms with E-state index in [-0.39, 0.29) is 11.8 Å². The third-order valence-corrected chi connectivity index (χ3v) is 5.81. The van der Waals surface area contributed by atoms with Gasteiger partial charge >= 0.3 is 0 Å². The van der Waals surface area contributed by atoms with Crippen LogP contribution >= 0.6 is 22.9 Å². The second-order valence-corrected chi connectivity index (χ2v) is 8.02. The summed E-state index contributed by atoms with van der Waals surface area (Å²) >= 11 is 7.52. The van der Waals surface area contributed by atoms with Gasteiger partial charge in [0.1, 0.15) is 0 Å². The van der Waals surface area contributed by atoms with Crippen molar-refractivity contribution >= 4 is 51.5 Å². The summed E-state index contributed by atoms with van der Waals surface area (Å²) in [6, 6.07) is 16.3. The first kappa shape index (κ1) is 20.1. The van der Waals surface area contributed by atoms with Gasteiger partial charge in [-0.25, -0.2) is 4.98 Å². The highest BCUT2D eigenvalue weighted by molar-refractivity contribution is 7.12. The van der Waals surface area contributed by atoms with Crippen LogP contribution in [0.2, 0.25) is 5.02 Å². The van der Waals surface area contributed by atoms with Crippen LogP contribution in [0.25, 0.3) is 11.0 Å². The van der Waals surface area contributed by atoms with Crippen molar-refractivity contribution in [3.63, 3.8) is 0 Å². The van der Waals surface area contributed by atoms with Crippen molar-refractivity contribution in [1.29, 1.82) is 0 Å². The number of halogens is 1. The van der Waals surface area contributed by atoms with Gasteiger partial charge in [-0.2, -0.15) is 0 Å². The van der Waals surface area contributed by atoms with E-state index in [0.29, 0.717) is 27.7 Å². The number of hydrogen-bond donors (Lipinski definition) is 2. The van der Waals surface area contributed by atoms with Gasteiger partial charge in [-0.15, -0.1) is 11.3 Å². The van der Waals surface area contributed by atoms with Crippen molar-refractivity contribution in [2.24, 2.45) is 0 Å². The first-order valence-corrected chi connectivity index (χ1v) is 10.7. The lowest BCUT2D eigenvalue weighted by atomic mass is 10.2. The topological polar surface area (TPSA) is 76.0 Å². The fourth-order valence-corrected chi connectivity index (χ4v) is 3.88.